The normalized spacial score (nSPS) is 39.6. The Kier molecular flexibility index (Phi) is 5.04. The molecular weight excluding hydrogens is 232 g/mol. The van der Waals surface area contributed by atoms with Gasteiger partial charge >= 0.3 is 5.97 Å². The van der Waals surface area contributed by atoms with Crippen molar-refractivity contribution in [2.75, 3.05) is 11.5 Å². The summed E-state index contributed by atoms with van der Waals surface area (Å²) in [6.45, 7) is 3.52. The van der Waals surface area contributed by atoms with E-state index in [1.165, 1.54) is 11.8 Å². The fourth-order valence-corrected chi connectivity index (χ4v) is 2.61. The third-order valence-corrected chi connectivity index (χ3v) is 3.85. The zero-order valence-corrected chi connectivity index (χ0v) is 10.2. The van der Waals surface area contributed by atoms with Gasteiger partial charge in [0.1, 0.15) is 0 Å². The quantitative estimate of drug-likeness (QED) is 0.648. The summed E-state index contributed by atoms with van der Waals surface area (Å²) in [6, 6.07) is 0. The maximum absolute atomic E-state index is 10.3. The number of carboxylic acid groups (broad SMARTS) is 1. The van der Waals surface area contributed by atoms with Crippen LogP contribution in [-0.2, 0) is 9.53 Å². The van der Waals surface area contributed by atoms with Gasteiger partial charge < -0.3 is 20.1 Å². The number of carbonyl (C=O) groups is 1. The molecule has 0 aromatic carbocycles. The Morgan fingerprint density at radius 3 is 2.50 bits per heavy atom. The van der Waals surface area contributed by atoms with E-state index >= 15 is 0 Å². The van der Waals surface area contributed by atoms with Crippen LogP contribution in [0.15, 0.2) is 0 Å². The van der Waals surface area contributed by atoms with Gasteiger partial charge in [0.25, 0.3) is 0 Å². The highest BCUT2D eigenvalue weighted by Crippen LogP contribution is 2.27. The third kappa shape index (κ3) is 3.35. The molecule has 1 aliphatic heterocycles. The first-order chi connectivity index (χ1) is 7.43. The zero-order chi connectivity index (χ0) is 12.3. The first-order valence-corrected chi connectivity index (χ1v) is 6.40. The standard InChI is InChI=1S/C10H18O5S/c1-5-9(13)6(2)15-7(10(5)14)3-16-4-8(11)12/h5-7,9-10,13-14H,3-4H2,1-2H3,(H,11,12)/t5-,6+,7-,9-,10+/m1/s1. The van der Waals surface area contributed by atoms with Crippen LogP contribution >= 0.6 is 11.8 Å². The maximum Gasteiger partial charge on any atom is 0.313 e. The molecule has 0 aromatic rings. The Balaban J connectivity index is 2.44. The zero-order valence-electron chi connectivity index (χ0n) is 9.37. The van der Waals surface area contributed by atoms with Crippen molar-refractivity contribution in [2.24, 2.45) is 5.92 Å². The summed E-state index contributed by atoms with van der Waals surface area (Å²) in [7, 11) is 0. The number of aliphatic carboxylic acids is 1. The van der Waals surface area contributed by atoms with Crippen molar-refractivity contribution >= 4 is 17.7 Å². The molecule has 1 fully saturated rings. The van der Waals surface area contributed by atoms with Crippen molar-refractivity contribution in [3.63, 3.8) is 0 Å². The van der Waals surface area contributed by atoms with Crippen LogP contribution in [0.1, 0.15) is 13.8 Å². The maximum atomic E-state index is 10.3. The van der Waals surface area contributed by atoms with Gasteiger partial charge in [0.15, 0.2) is 0 Å². The fourth-order valence-electron chi connectivity index (χ4n) is 1.81. The molecule has 0 aromatic heterocycles. The van der Waals surface area contributed by atoms with E-state index < -0.39 is 24.3 Å². The van der Waals surface area contributed by atoms with E-state index in [9.17, 15) is 15.0 Å². The molecule has 0 amide bonds. The van der Waals surface area contributed by atoms with Gasteiger partial charge in [0, 0.05) is 11.7 Å². The molecule has 0 spiro atoms. The smallest absolute Gasteiger partial charge is 0.313 e. The van der Waals surface area contributed by atoms with Gasteiger partial charge in [-0.1, -0.05) is 6.92 Å². The second kappa shape index (κ2) is 5.86. The molecule has 0 saturated carbocycles. The minimum absolute atomic E-state index is 0.00209. The van der Waals surface area contributed by atoms with E-state index in [4.69, 9.17) is 9.84 Å². The lowest BCUT2D eigenvalue weighted by molar-refractivity contribution is -0.182. The summed E-state index contributed by atoms with van der Waals surface area (Å²) < 4.78 is 5.45. The SMILES string of the molecule is C[C@@H]1[C@@H](O)[C@H](C)O[C@H](CSCC(=O)O)[C@H]1O. The lowest BCUT2D eigenvalue weighted by Crippen LogP contribution is -2.53. The van der Waals surface area contributed by atoms with E-state index in [1.807, 2.05) is 0 Å². The van der Waals surface area contributed by atoms with Crippen LogP contribution in [0.5, 0.6) is 0 Å². The van der Waals surface area contributed by atoms with Gasteiger partial charge in [-0.15, -0.1) is 11.8 Å². The summed E-state index contributed by atoms with van der Waals surface area (Å²) in [5, 5.41) is 28.0. The Labute approximate surface area is 98.8 Å². The minimum Gasteiger partial charge on any atom is -0.481 e. The number of ether oxygens (including phenoxy) is 1. The first-order valence-electron chi connectivity index (χ1n) is 5.24. The van der Waals surface area contributed by atoms with Crippen molar-refractivity contribution in [3.8, 4) is 0 Å². The van der Waals surface area contributed by atoms with E-state index in [0.717, 1.165) is 0 Å². The number of rotatable bonds is 4. The fraction of sp³-hybridized carbons (Fsp3) is 0.900. The van der Waals surface area contributed by atoms with Crippen LogP contribution in [0.4, 0.5) is 0 Å². The molecule has 0 bridgehead atoms. The molecule has 3 N–H and O–H groups in total. The van der Waals surface area contributed by atoms with E-state index in [2.05, 4.69) is 0 Å². The number of carboxylic acids is 1. The third-order valence-electron chi connectivity index (χ3n) is 2.84. The van der Waals surface area contributed by atoms with Crippen LogP contribution in [0.3, 0.4) is 0 Å². The average Bonchev–Trinajstić information content (AvgIpc) is 2.22. The number of hydrogen-bond acceptors (Lipinski definition) is 5. The van der Waals surface area contributed by atoms with Crippen molar-refractivity contribution in [1.82, 2.24) is 0 Å². The highest BCUT2D eigenvalue weighted by atomic mass is 32.2. The lowest BCUT2D eigenvalue weighted by atomic mass is 9.89. The first kappa shape index (κ1) is 13.8. The van der Waals surface area contributed by atoms with Crippen LogP contribution in [0, 0.1) is 5.92 Å². The molecular formula is C10H18O5S. The number of hydrogen-bond donors (Lipinski definition) is 3. The largest absolute Gasteiger partial charge is 0.481 e. The number of aliphatic hydroxyl groups is 2. The molecule has 94 valence electrons. The average molecular weight is 250 g/mol. The molecule has 0 radical (unpaired) electrons. The van der Waals surface area contributed by atoms with Crippen LogP contribution < -0.4 is 0 Å². The van der Waals surface area contributed by atoms with Gasteiger partial charge in [0.05, 0.1) is 30.2 Å². The lowest BCUT2D eigenvalue weighted by Gasteiger charge is -2.40. The second-order valence-electron chi connectivity index (χ2n) is 4.13. The molecule has 1 heterocycles. The molecule has 1 saturated heterocycles. The van der Waals surface area contributed by atoms with E-state index in [1.54, 1.807) is 13.8 Å². The van der Waals surface area contributed by atoms with Crippen LogP contribution in [0.25, 0.3) is 0 Å². The summed E-state index contributed by atoms with van der Waals surface area (Å²) in [5.41, 5.74) is 0. The Hall–Kier alpha value is -0.300. The molecule has 5 nitrogen and oxygen atoms in total. The van der Waals surface area contributed by atoms with Gasteiger partial charge in [-0.3, -0.25) is 4.79 Å². The number of thioether (sulfide) groups is 1. The molecule has 1 aliphatic rings. The summed E-state index contributed by atoms with van der Waals surface area (Å²) in [6.07, 6.45) is -2.14. The molecule has 6 heteroatoms. The second-order valence-corrected chi connectivity index (χ2v) is 5.16. The summed E-state index contributed by atoms with van der Waals surface area (Å²) in [5.74, 6) is -0.706. The van der Waals surface area contributed by atoms with Gasteiger partial charge in [0.2, 0.25) is 0 Å². The Morgan fingerprint density at radius 1 is 1.31 bits per heavy atom. The summed E-state index contributed by atoms with van der Waals surface area (Å²) >= 11 is 1.21. The van der Waals surface area contributed by atoms with Crippen molar-refractivity contribution < 1.29 is 24.9 Å². The van der Waals surface area contributed by atoms with Crippen molar-refractivity contribution in [2.45, 2.75) is 38.3 Å². The highest BCUT2D eigenvalue weighted by Gasteiger charge is 2.39. The molecule has 16 heavy (non-hydrogen) atoms. The highest BCUT2D eigenvalue weighted by molar-refractivity contribution is 7.99. The number of aliphatic hydroxyl groups excluding tert-OH is 2. The topological polar surface area (TPSA) is 87.0 Å². The Bertz CT molecular complexity index is 247. The van der Waals surface area contributed by atoms with Gasteiger partial charge in [-0.05, 0) is 6.92 Å². The summed E-state index contributed by atoms with van der Waals surface area (Å²) in [4.78, 5) is 10.3. The molecule has 1 rings (SSSR count). The van der Waals surface area contributed by atoms with Gasteiger partial charge in [-0.2, -0.15) is 0 Å². The monoisotopic (exact) mass is 250 g/mol. The van der Waals surface area contributed by atoms with Crippen molar-refractivity contribution in [3.05, 3.63) is 0 Å². The Morgan fingerprint density at radius 2 is 1.94 bits per heavy atom. The van der Waals surface area contributed by atoms with Gasteiger partial charge in [-0.25, -0.2) is 0 Å². The van der Waals surface area contributed by atoms with Crippen LogP contribution in [-0.4, -0.2) is 57.2 Å². The van der Waals surface area contributed by atoms with E-state index in [0.29, 0.717) is 5.75 Å². The molecule has 0 aliphatic carbocycles. The van der Waals surface area contributed by atoms with Crippen LogP contribution in [0.2, 0.25) is 0 Å². The molecule has 0 unspecified atom stereocenters. The van der Waals surface area contributed by atoms with Crippen molar-refractivity contribution in [1.29, 1.82) is 0 Å². The predicted molar refractivity (Wildman–Crippen MR) is 60.5 cm³/mol. The van der Waals surface area contributed by atoms with E-state index in [-0.39, 0.29) is 17.8 Å². The predicted octanol–water partition coefficient (Wildman–Crippen LogP) is -0.0506. The molecule has 5 atom stereocenters. The minimum atomic E-state index is -0.878.